The molecule has 0 amide bonds. The number of hydrogen-bond acceptors (Lipinski definition) is 3. The molecule has 0 saturated heterocycles. The lowest BCUT2D eigenvalue weighted by Crippen LogP contribution is -2.28. The molecule has 1 aromatic rings. The van der Waals surface area contributed by atoms with Crippen molar-refractivity contribution in [2.24, 2.45) is 0 Å². The Morgan fingerprint density at radius 3 is 3.00 bits per heavy atom. The summed E-state index contributed by atoms with van der Waals surface area (Å²) in [7, 11) is 0. The van der Waals surface area contributed by atoms with Gasteiger partial charge in [0.05, 0.1) is 17.7 Å². The van der Waals surface area contributed by atoms with Crippen molar-refractivity contribution in [3.8, 4) is 5.75 Å². The van der Waals surface area contributed by atoms with Gasteiger partial charge in [-0.3, -0.25) is 0 Å². The number of rotatable bonds is 3. The van der Waals surface area contributed by atoms with Crippen molar-refractivity contribution in [2.45, 2.75) is 31.9 Å². The first-order chi connectivity index (χ1) is 8.59. The largest absolute Gasteiger partial charge is 0.492 e. The van der Waals surface area contributed by atoms with Gasteiger partial charge in [0, 0.05) is 18.2 Å². The molecule has 100 valence electrons. The van der Waals surface area contributed by atoms with Crippen LogP contribution in [0.1, 0.15) is 31.4 Å². The van der Waals surface area contributed by atoms with Crippen LogP contribution in [0.3, 0.4) is 0 Å². The first-order valence-electron chi connectivity index (χ1n) is 6.11. The van der Waals surface area contributed by atoms with E-state index in [1.54, 1.807) is 13.0 Å². The second-order valence-corrected chi connectivity index (χ2v) is 5.37. The van der Waals surface area contributed by atoms with E-state index in [1.165, 1.54) is 0 Å². The maximum absolute atomic E-state index is 9.36. The van der Waals surface area contributed by atoms with Gasteiger partial charge in [0.25, 0.3) is 0 Å². The van der Waals surface area contributed by atoms with E-state index in [0.29, 0.717) is 28.9 Å². The Hall–Kier alpha value is -0.480. The maximum Gasteiger partial charge on any atom is 0.144 e. The quantitative estimate of drug-likeness (QED) is 0.898. The summed E-state index contributed by atoms with van der Waals surface area (Å²) in [6.45, 7) is 2.94. The van der Waals surface area contributed by atoms with E-state index in [-0.39, 0.29) is 12.1 Å². The Morgan fingerprint density at radius 1 is 1.50 bits per heavy atom. The molecule has 0 bridgehead atoms. The van der Waals surface area contributed by atoms with Crippen molar-refractivity contribution in [3.63, 3.8) is 0 Å². The molecule has 1 aliphatic heterocycles. The molecule has 0 aromatic heterocycles. The minimum absolute atomic E-state index is 0.145. The summed E-state index contributed by atoms with van der Waals surface area (Å²) >= 11 is 12.2. The van der Waals surface area contributed by atoms with E-state index in [2.05, 4.69) is 5.32 Å². The number of hydrogen-bond donors (Lipinski definition) is 2. The fourth-order valence-corrected chi connectivity index (χ4v) is 2.49. The average molecular weight is 290 g/mol. The van der Waals surface area contributed by atoms with Crippen LogP contribution in [0.5, 0.6) is 5.75 Å². The fraction of sp³-hybridized carbons (Fsp3) is 0.538. The molecule has 0 saturated carbocycles. The van der Waals surface area contributed by atoms with Gasteiger partial charge in [0.2, 0.25) is 0 Å². The van der Waals surface area contributed by atoms with Gasteiger partial charge < -0.3 is 15.2 Å². The summed E-state index contributed by atoms with van der Waals surface area (Å²) in [5.74, 6) is 0.671. The van der Waals surface area contributed by atoms with Gasteiger partial charge in [-0.05, 0) is 25.8 Å². The molecule has 1 heterocycles. The summed E-state index contributed by atoms with van der Waals surface area (Å²) < 4.78 is 5.68. The molecule has 0 aliphatic carbocycles. The number of fused-ring (bicyclic) bond motifs is 1. The third-order valence-electron chi connectivity index (χ3n) is 3.00. The van der Waals surface area contributed by atoms with Crippen LogP contribution in [-0.2, 0) is 0 Å². The smallest absolute Gasteiger partial charge is 0.144 e. The van der Waals surface area contributed by atoms with E-state index in [4.69, 9.17) is 27.9 Å². The Kier molecular flexibility index (Phi) is 4.73. The zero-order valence-corrected chi connectivity index (χ0v) is 11.8. The van der Waals surface area contributed by atoms with Crippen LogP contribution < -0.4 is 10.1 Å². The normalized spacial score (nSPS) is 20.8. The van der Waals surface area contributed by atoms with Gasteiger partial charge >= 0.3 is 0 Å². The summed E-state index contributed by atoms with van der Waals surface area (Å²) in [5, 5.41) is 13.7. The molecule has 1 aromatic carbocycles. The second-order valence-electron chi connectivity index (χ2n) is 4.58. The van der Waals surface area contributed by atoms with Crippen molar-refractivity contribution >= 4 is 23.2 Å². The maximum atomic E-state index is 9.36. The van der Waals surface area contributed by atoms with Crippen LogP contribution in [0.15, 0.2) is 12.1 Å². The lowest BCUT2D eigenvalue weighted by Gasteiger charge is -2.20. The predicted molar refractivity (Wildman–Crippen MR) is 73.6 cm³/mol. The molecule has 0 fully saturated rings. The van der Waals surface area contributed by atoms with Crippen LogP contribution in [-0.4, -0.2) is 24.4 Å². The van der Waals surface area contributed by atoms with Crippen molar-refractivity contribution in [1.29, 1.82) is 0 Å². The molecular formula is C13H17Cl2NO2. The molecule has 3 nitrogen and oxygen atoms in total. The molecule has 5 heteroatoms. The van der Waals surface area contributed by atoms with Gasteiger partial charge in [0.15, 0.2) is 0 Å². The zero-order chi connectivity index (χ0) is 13.1. The van der Waals surface area contributed by atoms with Gasteiger partial charge in [-0.2, -0.15) is 0 Å². The molecule has 2 unspecified atom stereocenters. The lowest BCUT2D eigenvalue weighted by atomic mass is 10.0. The van der Waals surface area contributed by atoms with Gasteiger partial charge in [-0.1, -0.05) is 29.3 Å². The molecular weight excluding hydrogens is 273 g/mol. The van der Waals surface area contributed by atoms with E-state index < -0.39 is 0 Å². The lowest BCUT2D eigenvalue weighted by molar-refractivity contribution is 0.185. The van der Waals surface area contributed by atoms with Gasteiger partial charge in [-0.15, -0.1) is 0 Å². The van der Waals surface area contributed by atoms with Crippen LogP contribution in [0.25, 0.3) is 0 Å². The van der Waals surface area contributed by atoms with Gasteiger partial charge in [-0.25, -0.2) is 0 Å². The van der Waals surface area contributed by atoms with E-state index in [1.807, 2.05) is 6.07 Å². The number of ether oxygens (including phenoxy) is 1. The highest BCUT2D eigenvalue weighted by Gasteiger charge is 2.22. The van der Waals surface area contributed by atoms with Crippen LogP contribution in [0.4, 0.5) is 0 Å². The molecule has 18 heavy (non-hydrogen) atoms. The molecule has 2 N–H and O–H groups in total. The highest BCUT2D eigenvalue weighted by Crippen LogP contribution is 2.40. The first kappa shape index (κ1) is 13.9. The third kappa shape index (κ3) is 3.09. The van der Waals surface area contributed by atoms with E-state index >= 15 is 0 Å². The number of aliphatic hydroxyl groups excluding tert-OH is 1. The van der Waals surface area contributed by atoms with Crippen molar-refractivity contribution in [2.75, 3.05) is 13.2 Å². The molecule has 2 atom stereocenters. The Labute approximate surface area is 117 Å². The van der Waals surface area contributed by atoms with E-state index in [0.717, 1.165) is 18.4 Å². The molecule has 0 radical (unpaired) electrons. The fourth-order valence-electron chi connectivity index (χ4n) is 2.11. The minimum Gasteiger partial charge on any atom is -0.492 e. The number of benzene rings is 1. The second kappa shape index (κ2) is 6.11. The average Bonchev–Trinajstić information content (AvgIpc) is 2.54. The summed E-state index contributed by atoms with van der Waals surface area (Å²) in [6.07, 6.45) is 1.53. The predicted octanol–water partition coefficient (Wildman–Crippen LogP) is 3.18. The zero-order valence-electron chi connectivity index (χ0n) is 10.2. The van der Waals surface area contributed by atoms with Crippen LogP contribution >= 0.6 is 23.2 Å². The summed E-state index contributed by atoms with van der Waals surface area (Å²) in [4.78, 5) is 0. The van der Waals surface area contributed by atoms with Crippen molar-refractivity contribution in [1.82, 2.24) is 5.32 Å². The molecule has 1 aliphatic rings. The standard InChI is InChI=1S/C13H17Cl2NO2/c1-8(17)7-16-11-3-2-6-18-13-9(11)4-5-10(14)12(13)15/h4-5,8,11,16-17H,2-3,6-7H2,1H3. The van der Waals surface area contributed by atoms with Crippen molar-refractivity contribution in [3.05, 3.63) is 27.7 Å². The van der Waals surface area contributed by atoms with Gasteiger partial charge in [0.1, 0.15) is 10.8 Å². The Morgan fingerprint density at radius 2 is 2.28 bits per heavy atom. The SMILES string of the molecule is CC(O)CNC1CCCOc2c1ccc(Cl)c2Cl. The van der Waals surface area contributed by atoms with Crippen molar-refractivity contribution < 1.29 is 9.84 Å². The van der Waals surface area contributed by atoms with Crippen LogP contribution in [0, 0.1) is 0 Å². The number of halogens is 2. The Balaban J connectivity index is 2.27. The topological polar surface area (TPSA) is 41.5 Å². The first-order valence-corrected chi connectivity index (χ1v) is 6.87. The summed E-state index contributed by atoms with van der Waals surface area (Å²) in [5.41, 5.74) is 1.02. The minimum atomic E-state index is -0.375. The summed E-state index contributed by atoms with van der Waals surface area (Å²) in [6, 6.07) is 3.87. The molecule has 2 rings (SSSR count). The highest BCUT2D eigenvalue weighted by atomic mass is 35.5. The Bertz CT molecular complexity index is 424. The number of nitrogens with one attached hydrogen (secondary N) is 1. The van der Waals surface area contributed by atoms with E-state index in [9.17, 15) is 5.11 Å². The highest BCUT2D eigenvalue weighted by molar-refractivity contribution is 6.43. The third-order valence-corrected chi connectivity index (χ3v) is 3.79. The monoisotopic (exact) mass is 289 g/mol. The van der Waals surface area contributed by atoms with Crippen LogP contribution in [0.2, 0.25) is 10.0 Å². The molecule has 0 spiro atoms. The number of aliphatic hydroxyl groups is 1.